The molecule has 0 heterocycles. The van der Waals surface area contributed by atoms with Crippen molar-refractivity contribution < 1.29 is 0 Å². The van der Waals surface area contributed by atoms with Gasteiger partial charge in [-0.3, -0.25) is 4.90 Å². The van der Waals surface area contributed by atoms with Crippen LogP contribution in [0.4, 0.5) is 0 Å². The first-order valence-corrected chi connectivity index (χ1v) is 2.81. The lowest BCUT2D eigenvalue weighted by Gasteiger charge is -2.08. The first-order chi connectivity index (χ1) is 3.81. The molecular weight excluding hydrogens is 100 g/mol. The largest absolute Gasteiger partial charge is 0.318 e. The van der Waals surface area contributed by atoms with Crippen molar-refractivity contribution in [3.05, 3.63) is 12.2 Å². The van der Waals surface area contributed by atoms with Gasteiger partial charge in [0.15, 0.2) is 0 Å². The summed E-state index contributed by atoms with van der Waals surface area (Å²) < 4.78 is 0. The van der Waals surface area contributed by atoms with E-state index in [4.69, 9.17) is 5.73 Å². The number of allylic oxidation sites excluding steroid dienone is 1. The van der Waals surface area contributed by atoms with Crippen LogP contribution in [0.3, 0.4) is 0 Å². The predicted octanol–water partition coefficient (Wildman–Crippen LogP) is 0.410. The predicted molar refractivity (Wildman–Crippen MR) is 36.5 cm³/mol. The molecule has 0 unspecified atom stereocenters. The van der Waals surface area contributed by atoms with Crippen LogP contribution in [0.25, 0.3) is 0 Å². The Labute approximate surface area is 51.0 Å². The second kappa shape index (κ2) is 4.81. The van der Waals surface area contributed by atoms with Gasteiger partial charge < -0.3 is 5.73 Å². The van der Waals surface area contributed by atoms with Gasteiger partial charge in [-0.05, 0) is 14.0 Å². The van der Waals surface area contributed by atoms with E-state index in [1.54, 1.807) is 0 Å². The van der Waals surface area contributed by atoms with E-state index >= 15 is 0 Å². The van der Waals surface area contributed by atoms with Gasteiger partial charge in [0.25, 0.3) is 0 Å². The molecule has 0 amide bonds. The fraction of sp³-hybridized carbons (Fsp3) is 0.667. The number of likely N-dealkylation sites (N-methyl/N-ethyl adjacent to an activating group) is 1. The van der Waals surface area contributed by atoms with Gasteiger partial charge in [-0.2, -0.15) is 0 Å². The molecule has 0 saturated carbocycles. The first kappa shape index (κ1) is 7.66. The summed E-state index contributed by atoms with van der Waals surface area (Å²) in [7, 11) is 1.99. The highest BCUT2D eigenvalue weighted by Crippen LogP contribution is 1.77. The minimum atomic E-state index is 0.629. The third-order valence-electron chi connectivity index (χ3n) is 0.964. The van der Waals surface area contributed by atoms with Gasteiger partial charge >= 0.3 is 0 Å². The highest BCUT2D eigenvalue weighted by Gasteiger charge is 1.85. The number of nitrogens with two attached hydrogens (primary N) is 1. The van der Waals surface area contributed by atoms with Crippen LogP contribution in [-0.2, 0) is 0 Å². The van der Waals surface area contributed by atoms with Gasteiger partial charge in [-0.1, -0.05) is 12.2 Å². The summed E-state index contributed by atoms with van der Waals surface area (Å²) in [6, 6.07) is 0. The molecule has 0 aromatic carbocycles. The number of hydrogen-bond donors (Lipinski definition) is 1. The van der Waals surface area contributed by atoms with Crippen LogP contribution in [-0.4, -0.2) is 25.2 Å². The molecule has 0 radical (unpaired) electrons. The molecule has 0 bridgehead atoms. The normalized spacial score (nSPS) is 11.5. The van der Waals surface area contributed by atoms with E-state index in [1.165, 1.54) is 0 Å². The molecule has 0 saturated heterocycles. The molecule has 0 spiro atoms. The quantitative estimate of drug-likeness (QED) is 0.425. The number of nitrogens with zero attached hydrogens (tertiary/aromatic N) is 1. The van der Waals surface area contributed by atoms with Gasteiger partial charge in [0.1, 0.15) is 0 Å². The lowest BCUT2D eigenvalue weighted by atomic mass is 10.5. The number of hydrogen-bond acceptors (Lipinski definition) is 2. The average molecular weight is 114 g/mol. The molecule has 0 aliphatic heterocycles. The van der Waals surface area contributed by atoms with Gasteiger partial charge in [0, 0.05) is 13.2 Å². The van der Waals surface area contributed by atoms with Crippen molar-refractivity contribution >= 4 is 0 Å². The Kier molecular flexibility index (Phi) is 4.61. The zero-order valence-electron chi connectivity index (χ0n) is 5.59. The zero-order chi connectivity index (χ0) is 6.41. The summed E-state index contributed by atoms with van der Waals surface area (Å²) in [5, 5.41) is 0. The summed E-state index contributed by atoms with van der Waals surface area (Å²) in [5.41, 5.74) is 5.30. The molecule has 2 N–H and O–H groups in total. The Morgan fingerprint density at radius 3 is 2.62 bits per heavy atom. The van der Waals surface area contributed by atoms with Crippen LogP contribution in [0.1, 0.15) is 6.92 Å². The molecule has 0 aliphatic rings. The van der Waals surface area contributed by atoms with Crippen LogP contribution in [0.5, 0.6) is 0 Å². The maximum absolute atomic E-state index is 5.30. The standard InChI is InChI=1S/C6H14N2/c1-3-4-5-8(2)6-7/h3-4H,5-7H2,1-2H3/b4-3-. The Bertz CT molecular complexity index is 68.9. The molecule has 0 aromatic rings. The van der Waals surface area contributed by atoms with Crippen molar-refractivity contribution in [2.24, 2.45) is 5.73 Å². The van der Waals surface area contributed by atoms with Crippen molar-refractivity contribution in [2.45, 2.75) is 6.92 Å². The van der Waals surface area contributed by atoms with E-state index in [1.807, 2.05) is 24.9 Å². The topological polar surface area (TPSA) is 29.3 Å². The lowest BCUT2D eigenvalue weighted by molar-refractivity contribution is 0.382. The average Bonchev–Trinajstić information content (AvgIpc) is 1.83. The zero-order valence-corrected chi connectivity index (χ0v) is 5.59. The second-order valence-electron chi connectivity index (χ2n) is 1.79. The number of rotatable bonds is 3. The van der Waals surface area contributed by atoms with Crippen molar-refractivity contribution in [1.29, 1.82) is 0 Å². The van der Waals surface area contributed by atoms with E-state index in [0.29, 0.717) is 6.67 Å². The second-order valence-corrected chi connectivity index (χ2v) is 1.79. The molecular formula is C6H14N2. The Hall–Kier alpha value is -0.340. The smallest absolute Gasteiger partial charge is 0.0455 e. The van der Waals surface area contributed by atoms with Crippen molar-refractivity contribution in [2.75, 3.05) is 20.3 Å². The van der Waals surface area contributed by atoms with Gasteiger partial charge in [0.05, 0.1) is 0 Å². The summed E-state index contributed by atoms with van der Waals surface area (Å²) in [4.78, 5) is 2.03. The lowest BCUT2D eigenvalue weighted by Crippen LogP contribution is -2.25. The van der Waals surface area contributed by atoms with E-state index in [2.05, 4.69) is 6.08 Å². The Morgan fingerprint density at radius 1 is 1.62 bits per heavy atom. The molecule has 0 fully saturated rings. The van der Waals surface area contributed by atoms with Crippen LogP contribution in [0, 0.1) is 0 Å². The van der Waals surface area contributed by atoms with Crippen molar-refractivity contribution in [3.63, 3.8) is 0 Å². The molecule has 2 nitrogen and oxygen atoms in total. The van der Waals surface area contributed by atoms with E-state index in [0.717, 1.165) is 6.54 Å². The third kappa shape index (κ3) is 3.84. The summed E-state index contributed by atoms with van der Waals surface area (Å²) in [5.74, 6) is 0. The van der Waals surface area contributed by atoms with Gasteiger partial charge in [-0.15, -0.1) is 0 Å². The molecule has 0 aliphatic carbocycles. The van der Waals surface area contributed by atoms with Crippen LogP contribution in [0.15, 0.2) is 12.2 Å². The minimum Gasteiger partial charge on any atom is -0.318 e. The van der Waals surface area contributed by atoms with Gasteiger partial charge in [0.2, 0.25) is 0 Å². The maximum Gasteiger partial charge on any atom is 0.0455 e. The SMILES string of the molecule is C/C=C\CN(C)CN. The van der Waals surface area contributed by atoms with E-state index in [-0.39, 0.29) is 0 Å². The monoisotopic (exact) mass is 114 g/mol. The fourth-order valence-corrected chi connectivity index (χ4v) is 0.360. The first-order valence-electron chi connectivity index (χ1n) is 2.81. The molecule has 48 valence electrons. The summed E-state index contributed by atoms with van der Waals surface area (Å²) >= 11 is 0. The molecule has 0 aromatic heterocycles. The Balaban J connectivity index is 3.10. The summed E-state index contributed by atoms with van der Waals surface area (Å²) in [6.45, 7) is 3.59. The summed E-state index contributed by atoms with van der Waals surface area (Å²) in [6.07, 6.45) is 4.10. The Morgan fingerprint density at radius 2 is 2.25 bits per heavy atom. The van der Waals surface area contributed by atoms with Gasteiger partial charge in [-0.25, -0.2) is 0 Å². The highest BCUT2D eigenvalue weighted by molar-refractivity contribution is 4.79. The minimum absolute atomic E-state index is 0.629. The van der Waals surface area contributed by atoms with Crippen molar-refractivity contribution in [1.82, 2.24) is 4.90 Å². The van der Waals surface area contributed by atoms with E-state index in [9.17, 15) is 0 Å². The molecule has 0 atom stereocenters. The molecule has 0 rings (SSSR count). The van der Waals surface area contributed by atoms with Crippen molar-refractivity contribution in [3.8, 4) is 0 Å². The van der Waals surface area contributed by atoms with Crippen LogP contribution in [0.2, 0.25) is 0 Å². The van der Waals surface area contributed by atoms with Crippen LogP contribution < -0.4 is 5.73 Å². The third-order valence-corrected chi connectivity index (χ3v) is 0.964. The highest BCUT2D eigenvalue weighted by atomic mass is 15.1. The van der Waals surface area contributed by atoms with E-state index < -0.39 is 0 Å². The van der Waals surface area contributed by atoms with Crippen LogP contribution >= 0.6 is 0 Å². The fourth-order valence-electron chi connectivity index (χ4n) is 0.360. The molecule has 2 heteroatoms. The molecule has 8 heavy (non-hydrogen) atoms. The maximum atomic E-state index is 5.30.